The molecule has 2 unspecified atom stereocenters. The van der Waals surface area contributed by atoms with Crippen molar-refractivity contribution >= 4 is 0 Å². The number of benzene rings is 2. The molecule has 0 aromatic heterocycles. The van der Waals surface area contributed by atoms with E-state index in [0.717, 1.165) is 0 Å². The summed E-state index contributed by atoms with van der Waals surface area (Å²) in [5.74, 6) is 0.881. The Morgan fingerprint density at radius 1 is 0.931 bits per heavy atom. The number of alkyl halides is 1. The maximum Gasteiger partial charge on any atom is 0.202 e. The van der Waals surface area contributed by atoms with Gasteiger partial charge in [0.25, 0.3) is 0 Å². The minimum atomic E-state index is -1.48. The Bertz CT molecular complexity index is 695. The first-order chi connectivity index (χ1) is 13.9. The van der Waals surface area contributed by atoms with Crippen molar-refractivity contribution in [1.82, 2.24) is 5.32 Å². The Hall–Kier alpha value is -2.22. The van der Waals surface area contributed by atoms with E-state index in [-0.39, 0.29) is 32.1 Å². The zero-order chi connectivity index (χ0) is 21.1. The molecule has 2 N–H and O–H groups in total. The molecule has 2 aromatic carbocycles. The lowest BCUT2D eigenvalue weighted by Gasteiger charge is -2.15. The predicted octanol–water partition coefficient (Wildman–Crippen LogP) is 3.50. The zero-order valence-electron chi connectivity index (χ0n) is 16.8. The smallest absolute Gasteiger partial charge is 0.202 e. The van der Waals surface area contributed by atoms with Crippen molar-refractivity contribution in [3.63, 3.8) is 0 Å². The summed E-state index contributed by atoms with van der Waals surface area (Å²) in [6, 6.07) is 12.9. The van der Waals surface area contributed by atoms with Crippen LogP contribution in [0.2, 0.25) is 0 Å². The number of hydrogen-bond acceptors (Lipinski definition) is 5. The second-order valence-electron chi connectivity index (χ2n) is 6.96. The zero-order valence-corrected chi connectivity index (χ0v) is 16.8. The van der Waals surface area contributed by atoms with Crippen LogP contribution in [0.1, 0.15) is 19.4 Å². The Morgan fingerprint density at radius 2 is 1.55 bits per heavy atom. The third kappa shape index (κ3) is 9.69. The van der Waals surface area contributed by atoms with Crippen molar-refractivity contribution in [3.8, 4) is 11.5 Å². The van der Waals surface area contributed by atoms with Gasteiger partial charge < -0.3 is 24.6 Å². The summed E-state index contributed by atoms with van der Waals surface area (Å²) in [5.41, 5.74) is 0.667. The predicted molar refractivity (Wildman–Crippen MR) is 108 cm³/mol. The van der Waals surface area contributed by atoms with E-state index in [2.05, 4.69) is 5.32 Å². The third-order valence-corrected chi connectivity index (χ3v) is 3.99. The molecular formula is C22H29F2NO4. The number of ether oxygens (including phenoxy) is 3. The molecule has 0 aliphatic carbocycles. The highest BCUT2D eigenvalue weighted by atomic mass is 19.1. The lowest BCUT2D eigenvalue weighted by atomic mass is 10.1. The first-order valence-electron chi connectivity index (χ1n) is 9.69. The summed E-state index contributed by atoms with van der Waals surface area (Å²) in [6.07, 6.45) is -2.00. The monoisotopic (exact) mass is 409 g/mol. The number of nitrogens with one attached hydrogen (secondary N) is 1. The minimum absolute atomic E-state index is 0.0604. The molecule has 0 spiro atoms. The first kappa shape index (κ1) is 23.1. The van der Waals surface area contributed by atoms with Gasteiger partial charge in [0, 0.05) is 19.0 Å². The van der Waals surface area contributed by atoms with E-state index >= 15 is 0 Å². The van der Waals surface area contributed by atoms with Crippen LogP contribution in [0.15, 0.2) is 48.5 Å². The second kappa shape index (κ2) is 12.4. The largest absolute Gasteiger partial charge is 0.491 e. The highest BCUT2D eigenvalue weighted by Gasteiger charge is 2.09. The number of hydrogen-bond donors (Lipinski definition) is 2. The SMILES string of the molecule is CC(C)NCC(O)COc1ccc(OCCOC(F)Cc2ccc(F)cc2)cc1. The van der Waals surface area contributed by atoms with Gasteiger partial charge in [-0.25, -0.2) is 8.78 Å². The normalized spacial score (nSPS) is 13.3. The van der Waals surface area contributed by atoms with Crippen LogP contribution in [0.25, 0.3) is 0 Å². The van der Waals surface area contributed by atoms with Gasteiger partial charge in [0.15, 0.2) is 0 Å². The van der Waals surface area contributed by atoms with Gasteiger partial charge >= 0.3 is 0 Å². The molecule has 29 heavy (non-hydrogen) atoms. The van der Waals surface area contributed by atoms with Crippen LogP contribution in [0, 0.1) is 5.82 Å². The summed E-state index contributed by atoms with van der Waals surface area (Å²) >= 11 is 0. The molecule has 5 nitrogen and oxygen atoms in total. The van der Waals surface area contributed by atoms with Gasteiger partial charge in [0.1, 0.15) is 36.6 Å². The molecule has 0 amide bonds. The summed E-state index contributed by atoms with van der Waals surface area (Å²) in [5, 5.41) is 13.0. The van der Waals surface area contributed by atoms with E-state index in [1.165, 1.54) is 24.3 Å². The summed E-state index contributed by atoms with van der Waals surface area (Å²) in [6.45, 7) is 4.97. The van der Waals surface area contributed by atoms with Gasteiger partial charge in [0.2, 0.25) is 6.36 Å². The molecule has 0 heterocycles. The summed E-state index contributed by atoms with van der Waals surface area (Å²) in [7, 11) is 0. The Balaban J connectivity index is 1.61. The topological polar surface area (TPSA) is 60.0 Å². The van der Waals surface area contributed by atoms with E-state index in [9.17, 15) is 13.9 Å². The van der Waals surface area contributed by atoms with Crippen LogP contribution in [0.5, 0.6) is 11.5 Å². The molecule has 0 aliphatic rings. The van der Waals surface area contributed by atoms with Crippen molar-refractivity contribution in [3.05, 3.63) is 59.9 Å². The van der Waals surface area contributed by atoms with E-state index < -0.39 is 12.5 Å². The Labute approximate surface area is 170 Å². The Kier molecular flexibility index (Phi) is 9.83. The van der Waals surface area contributed by atoms with Gasteiger partial charge in [-0.2, -0.15) is 0 Å². The highest BCUT2D eigenvalue weighted by molar-refractivity contribution is 5.31. The third-order valence-electron chi connectivity index (χ3n) is 3.99. The molecule has 0 saturated heterocycles. The fourth-order valence-corrected chi connectivity index (χ4v) is 2.46. The Morgan fingerprint density at radius 3 is 2.17 bits per heavy atom. The molecule has 0 aliphatic heterocycles. The first-order valence-corrected chi connectivity index (χ1v) is 9.69. The maximum atomic E-state index is 13.8. The van der Waals surface area contributed by atoms with Crippen LogP contribution in [-0.2, 0) is 11.2 Å². The fraction of sp³-hybridized carbons (Fsp3) is 0.455. The van der Waals surface area contributed by atoms with Crippen molar-refractivity contribution in [2.75, 3.05) is 26.4 Å². The number of rotatable bonds is 13. The van der Waals surface area contributed by atoms with E-state index in [1.54, 1.807) is 24.3 Å². The fourth-order valence-electron chi connectivity index (χ4n) is 2.46. The van der Waals surface area contributed by atoms with Crippen molar-refractivity contribution in [1.29, 1.82) is 0 Å². The average molecular weight is 409 g/mol. The van der Waals surface area contributed by atoms with Crippen LogP contribution < -0.4 is 14.8 Å². The summed E-state index contributed by atoms with van der Waals surface area (Å²) < 4.78 is 42.8. The van der Waals surface area contributed by atoms with Crippen LogP contribution in [0.4, 0.5) is 8.78 Å². The molecule has 2 atom stereocenters. The molecule has 7 heteroatoms. The standard InChI is InChI=1S/C22H29F2NO4/c1-16(2)25-14-19(26)15-29-21-9-7-20(8-10-21)27-11-12-28-22(24)13-17-3-5-18(23)6-4-17/h3-10,16,19,22,25-26H,11-15H2,1-2H3. The molecule has 0 radical (unpaired) electrons. The highest BCUT2D eigenvalue weighted by Crippen LogP contribution is 2.18. The van der Waals surface area contributed by atoms with E-state index in [1.807, 2.05) is 13.8 Å². The van der Waals surface area contributed by atoms with Gasteiger partial charge in [-0.3, -0.25) is 0 Å². The van der Waals surface area contributed by atoms with Crippen molar-refractivity contribution in [2.45, 2.75) is 38.8 Å². The van der Waals surface area contributed by atoms with Gasteiger partial charge in [-0.05, 0) is 42.0 Å². The molecule has 0 saturated carbocycles. The minimum Gasteiger partial charge on any atom is -0.491 e. The maximum absolute atomic E-state index is 13.8. The van der Waals surface area contributed by atoms with Gasteiger partial charge in [0.05, 0.1) is 6.61 Å². The molecule has 160 valence electrons. The van der Waals surface area contributed by atoms with Crippen molar-refractivity contribution in [2.24, 2.45) is 0 Å². The number of halogens is 2. The van der Waals surface area contributed by atoms with Crippen LogP contribution in [-0.4, -0.2) is 50.0 Å². The van der Waals surface area contributed by atoms with E-state index in [4.69, 9.17) is 14.2 Å². The molecule has 2 aromatic rings. The summed E-state index contributed by atoms with van der Waals surface area (Å²) in [4.78, 5) is 0. The number of aliphatic hydroxyl groups excluding tert-OH is 1. The lowest BCUT2D eigenvalue weighted by Crippen LogP contribution is -2.35. The molecule has 0 bridgehead atoms. The number of aliphatic hydroxyl groups is 1. The molecule has 0 fully saturated rings. The lowest BCUT2D eigenvalue weighted by molar-refractivity contribution is -0.0469. The van der Waals surface area contributed by atoms with Crippen molar-refractivity contribution < 1.29 is 28.1 Å². The molecular weight excluding hydrogens is 380 g/mol. The second-order valence-corrected chi connectivity index (χ2v) is 6.96. The van der Waals surface area contributed by atoms with Crippen LogP contribution in [0.3, 0.4) is 0 Å². The van der Waals surface area contributed by atoms with Gasteiger partial charge in [-0.1, -0.05) is 26.0 Å². The quantitative estimate of drug-likeness (QED) is 0.496. The molecule has 2 rings (SSSR count). The van der Waals surface area contributed by atoms with Crippen LogP contribution >= 0.6 is 0 Å². The average Bonchev–Trinajstić information content (AvgIpc) is 2.70. The van der Waals surface area contributed by atoms with Gasteiger partial charge in [-0.15, -0.1) is 0 Å². The van der Waals surface area contributed by atoms with E-state index in [0.29, 0.717) is 29.6 Å².